The van der Waals surface area contributed by atoms with Gasteiger partial charge in [-0.15, -0.1) is 0 Å². The van der Waals surface area contributed by atoms with Crippen LogP contribution in [-0.4, -0.2) is 25.6 Å². The van der Waals surface area contributed by atoms with Gasteiger partial charge in [0.25, 0.3) is 0 Å². The molecule has 16 heavy (non-hydrogen) atoms. The Morgan fingerprint density at radius 1 is 1.56 bits per heavy atom. The molecule has 0 aromatic carbocycles. The zero-order chi connectivity index (χ0) is 11.3. The molecule has 0 spiro atoms. The zero-order valence-corrected chi connectivity index (χ0v) is 8.30. The lowest BCUT2D eigenvalue weighted by molar-refractivity contribution is 0.0698. The second-order valence-electron chi connectivity index (χ2n) is 3.89. The van der Waals surface area contributed by atoms with Crippen LogP contribution in [0, 0.1) is 0 Å². The first-order valence-electron chi connectivity index (χ1n) is 5.01. The van der Waals surface area contributed by atoms with Crippen LogP contribution in [0.2, 0.25) is 0 Å². The first kappa shape index (κ1) is 9.14. The lowest BCUT2D eigenvalue weighted by Crippen LogP contribution is -2.15. The van der Waals surface area contributed by atoms with Crippen molar-refractivity contribution in [2.75, 3.05) is 0 Å². The summed E-state index contributed by atoms with van der Waals surface area (Å²) in [6, 6.07) is 1.57. The van der Waals surface area contributed by atoms with Crippen molar-refractivity contribution in [2.24, 2.45) is 0 Å². The predicted molar refractivity (Wildman–Crippen MR) is 55.6 cm³/mol. The Morgan fingerprint density at radius 3 is 2.94 bits per heavy atom. The maximum Gasteiger partial charge on any atom is 0.338 e. The fourth-order valence-electron chi connectivity index (χ4n) is 1.87. The van der Waals surface area contributed by atoms with E-state index in [2.05, 4.69) is 9.97 Å². The smallest absolute Gasteiger partial charge is 0.338 e. The highest BCUT2D eigenvalue weighted by atomic mass is 16.4. The van der Waals surface area contributed by atoms with E-state index < -0.39 is 5.97 Å². The maximum absolute atomic E-state index is 11.7. The van der Waals surface area contributed by atoms with E-state index in [1.54, 1.807) is 4.57 Å². The zero-order valence-electron chi connectivity index (χ0n) is 8.30. The van der Waals surface area contributed by atoms with Crippen LogP contribution in [-0.2, 0) is 0 Å². The van der Waals surface area contributed by atoms with Crippen LogP contribution in [0.15, 0.2) is 17.1 Å². The van der Waals surface area contributed by atoms with Crippen molar-refractivity contribution in [3.8, 4) is 0 Å². The van der Waals surface area contributed by atoms with Gasteiger partial charge in [0, 0.05) is 12.2 Å². The maximum atomic E-state index is 11.7. The van der Waals surface area contributed by atoms with Gasteiger partial charge in [0.15, 0.2) is 5.65 Å². The molecule has 6 nitrogen and oxygen atoms in total. The molecule has 3 rings (SSSR count). The molecule has 6 heteroatoms. The van der Waals surface area contributed by atoms with Crippen molar-refractivity contribution >= 4 is 17.1 Å². The van der Waals surface area contributed by atoms with E-state index in [0.717, 1.165) is 12.8 Å². The molecule has 0 atom stereocenters. The van der Waals surface area contributed by atoms with Crippen LogP contribution in [0.25, 0.3) is 11.2 Å². The number of rotatable bonds is 2. The molecule has 2 aromatic heterocycles. The Morgan fingerprint density at radius 2 is 2.31 bits per heavy atom. The molecule has 0 radical (unpaired) electrons. The molecule has 2 heterocycles. The Labute approximate surface area is 89.5 Å². The minimum Gasteiger partial charge on any atom is -0.478 e. The third-order valence-corrected chi connectivity index (χ3v) is 2.75. The number of H-pyrrole nitrogens is 1. The number of pyridine rings is 1. The number of nitrogens with one attached hydrogen (secondary N) is 1. The summed E-state index contributed by atoms with van der Waals surface area (Å²) >= 11 is 0. The molecule has 2 N–H and O–H groups in total. The molecule has 0 unspecified atom stereocenters. The second kappa shape index (κ2) is 2.94. The minimum atomic E-state index is -1.06. The lowest BCUT2D eigenvalue weighted by atomic mass is 10.2. The standard InChI is InChI=1S/C10H9N3O3/c14-9(15)6-3-4-11-8-7(6)12-10(16)13(8)5-1-2-5/h3-5H,1-2H2,(H,12,16)(H,14,15). The molecule has 1 aliphatic rings. The number of imidazole rings is 1. The number of aromatic amines is 1. The molecule has 82 valence electrons. The van der Waals surface area contributed by atoms with E-state index in [1.165, 1.54) is 12.3 Å². The van der Waals surface area contributed by atoms with E-state index in [-0.39, 0.29) is 17.3 Å². The van der Waals surface area contributed by atoms with E-state index >= 15 is 0 Å². The topological polar surface area (TPSA) is 88.0 Å². The normalized spacial score (nSPS) is 15.5. The third kappa shape index (κ3) is 1.16. The quantitative estimate of drug-likeness (QED) is 0.780. The average Bonchev–Trinajstić information content (AvgIpc) is 3.00. The SMILES string of the molecule is O=C(O)c1ccnc2c1[nH]c(=O)n2C1CC1. The van der Waals surface area contributed by atoms with Gasteiger partial charge in [0.05, 0.1) is 5.56 Å². The first-order chi connectivity index (χ1) is 7.68. The van der Waals surface area contributed by atoms with E-state index in [0.29, 0.717) is 11.2 Å². The number of aromatic carboxylic acids is 1. The van der Waals surface area contributed by atoms with Gasteiger partial charge in [-0.1, -0.05) is 0 Å². The van der Waals surface area contributed by atoms with Gasteiger partial charge >= 0.3 is 11.7 Å². The number of aromatic nitrogens is 3. The van der Waals surface area contributed by atoms with E-state index in [1.807, 2.05) is 0 Å². The summed E-state index contributed by atoms with van der Waals surface area (Å²) in [5.74, 6) is -1.06. The highest BCUT2D eigenvalue weighted by molar-refractivity contribution is 5.99. The largest absolute Gasteiger partial charge is 0.478 e. The number of fused-ring (bicyclic) bond motifs is 1. The summed E-state index contributed by atoms with van der Waals surface area (Å²) in [5, 5.41) is 8.98. The second-order valence-corrected chi connectivity index (χ2v) is 3.89. The van der Waals surface area contributed by atoms with Crippen LogP contribution < -0.4 is 5.69 Å². The molecule has 0 saturated heterocycles. The summed E-state index contributed by atoms with van der Waals surface area (Å²) in [7, 11) is 0. The van der Waals surface area contributed by atoms with Crippen LogP contribution in [0.1, 0.15) is 29.2 Å². The molecule has 1 fully saturated rings. The highest BCUT2D eigenvalue weighted by Crippen LogP contribution is 2.35. The molecule has 1 saturated carbocycles. The van der Waals surface area contributed by atoms with Gasteiger partial charge < -0.3 is 10.1 Å². The van der Waals surface area contributed by atoms with Gasteiger partial charge in [0.2, 0.25) is 0 Å². The van der Waals surface area contributed by atoms with E-state index in [4.69, 9.17) is 5.11 Å². The molecular weight excluding hydrogens is 210 g/mol. The molecule has 0 amide bonds. The Kier molecular flexibility index (Phi) is 1.68. The lowest BCUT2D eigenvalue weighted by Gasteiger charge is -1.99. The number of carbonyl (C=O) groups is 1. The van der Waals surface area contributed by atoms with Crippen LogP contribution in [0.4, 0.5) is 0 Å². The summed E-state index contributed by atoms with van der Waals surface area (Å²) in [6.07, 6.45) is 3.32. The number of hydrogen-bond donors (Lipinski definition) is 2. The van der Waals surface area contributed by atoms with E-state index in [9.17, 15) is 9.59 Å². The monoisotopic (exact) mass is 219 g/mol. The van der Waals surface area contributed by atoms with Crippen molar-refractivity contribution in [1.82, 2.24) is 14.5 Å². The van der Waals surface area contributed by atoms with Crippen molar-refractivity contribution in [2.45, 2.75) is 18.9 Å². The number of carboxylic acid groups (broad SMARTS) is 1. The molecule has 0 bridgehead atoms. The Hall–Kier alpha value is -2.11. The minimum absolute atomic E-state index is 0.0847. The molecule has 1 aliphatic carbocycles. The van der Waals surface area contributed by atoms with Gasteiger partial charge in [-0.05, 0) is 18.9 Å². The number of hydrogen-bond acceptors (Lipinski definition) is 3. The van der Waals surface area contributed by atoms with Gasteiger partial charge in [-0.2, -0.15) is 0 Å². The fraction of sp³-hybridized carbons (Fsp3) is 0.300. The predicted octanol–water partition coefficient (Wildman–Crippen LogP) is 0.758. The third-order valence-electron chi connectivity index (χ3n) is 2.75. The Bertz CT molecular complexity index is 636. The summed E-state index contributed by atoms with van der Waals surface area (Å²) in [5.41, 5.74) is 0.555. The summed E-state index contributed by atoms with van der Waals surface area (Å²) in [4.78, 5) is 29.3. The molecular formula is C10H9N3O3. The van der Waals surface area contributed by atoms with Crippen LogP contribution in [0.3, 0.4) is 0 Å². The van der Waals surface area contributed by atoms with Gasteiger partial charge in [-0.25, -0.2) is 14.6 Å². The van der Waals surface area contributed by atoms with Crippen molar-refractivity contribution in [3.63, 3.8) is 0 Å². The highest BCUT2D eigenvalue weighted by Gasteiger charge is 2.28. The first-order valence-corrected chi connectivity index (χ1v) is 5.01. The summed E-state index contributed by atoms with van der Waals surface area (Å²) < 4.78 is 1.54. The fourth-order valence-corrected chi connectivity index (χ4v) is 1.87. The molecule has 0 aliphatic heterocycles. The van der Waals surface area contributed by atoms with Crippen molar-refractivity contribution in [1.29, 1.82) is 0 Å². The van der Waals surface area contributed by atoms with Crippen molar-refractivity contribution in [3.05, 3.63) is 28.3 Å². The van der Waals surface area contributed by atoms with Crippen molar-refractivity contribution < 1.29 is 9.90 Å². The van der Waals surface area contributed by atoms with Gasteiger partial charge in [-0.3, -0.25) is 4.57 Å². The number of carboxylic acids is 1. The summed E-state index contributed by atoms with van der Waals surface area (Å²) in [6.45, 7) is 0. The van der Waals surface area contributed by atoms with Gasteiger partial charge in [0.1, 0.15) is 5.52 Å². The van der Waals surface area contributed by atoms with Crippen LogP contribution >= 0.6 is 0 Å². The Balaban J connectivity index is 2.38. The number of nitrogens with zero attached hydrogens (tertiary/aromatic N) is 2. The van der Waals surface area contributed by atoms with Crippen LogP contribution in [0.5, 0.6) is 0 Å². The average molecular weight is 219 g/mol. The molecule has 2 aromatic rings.